The highest BCUT2D eigenvalue weighted by molar-refractivity contribution is 14.0. The molecule has 186 valence electrons. The van der Waals surface area contributed by atoms with Gasteiger partial charge in [-0.25, -0.2) is 0 Å². The molecule has 3 N–H and O–H groups in total. The van der Waals surface area contributed by atoms with Crippen LogP contribution in [0.4, 0.5) is 5.69 Å². The maximum atomic E-state index is 9.68. The lowest BCUT2D eigenvalue weighted by Crippen LogP contribution is -2.51. The molecule has 0 radical (unpaired) electrons. The third kappa shape index (κ3) is 7.85. The van der Waals surface area contributed by atoms with Crippen LogP contribution in [0.25, 0.3) is 0 Å². The highest BCUT2D eigenvalue weighted by atomic mass is 127. The predicted molar refractivity (Wildman–Crippen MR) is 152 cm³/mol. The molecule has 2 aliphatic rings. The fraction of sp³-hybridized carbons (Fsp3) is 0.519. The first-order valence-electron chi connectivity index (χ1n) is 12.4. The molecule has 2 aliphatic heterocycles. The number of benzene rings is 2. The number of piperidine rings is 2. The highest BCUT2D eigenvalue weighted by Gasteiger charge is 2.21. The van der Waals surface area contributed by atoms with Crippen molar-refractivity contribution in [2.24, 2.45) is 4.99 Å². The van der Waals surface area contributed by atoms with E-state index in [1.165, 1.54) is 28.8 Å². The number of anilines is 1. The summed E-state index contributed by atoms with van der Waals surface area (Å²) in [5.41, 5.74) is 5.18. The molecule has 34 heavy (non-hydrogen) atoms. The quantitative estimate of drug-likeness (QED) is 0.276. The van der Waals surface area contributed by atoms with E-state index in [4.69, 9.17) is 0 Å². The van der Waals surface area contributed by atoms with Gasteiger partial charge in [-0.2, -0.15) is 0 Å². The van der Waals surface area contributed by atoms with Gasteiger partial charge in [0.15, 0.2) is 5.96 Å². The number of aliphatic imine (C=N–C) groups is 1. The Bertz CT molecular complexity index is 894. The lowest BCUT2D eigenvalue weighted by Gasteiger charge is -2.35. The fourth-order valence-electron chi connectivity index (χ4n) is 4.76. The van der Waals surface area contributed by atoms with Crippen LogP contribution in [0.1, 0.15) is 42.4 Å². The van der Waals surface area contributed by atoms with Gasteiger partial charge in [0.05, 0.1) is 6.10 Å². The number of hydrogen-bond donors (Lipinski definition) is 3. The Labute approximate surface area is 221 Å². The minimum Gasteiger partial charge on any atom is -0.393 e. The minimum atomic E-state index is -0.114. The molecule has 0 aliphatic carbocycles. The van der Waals surface area contributed by atoms with E-state index in [2.05, 4.69) is 80.9 Å². The lowest BCUT2D eigenvalue weighted by molar-refractivity contribution is 0.0792. The molecule has 0 amide bonds. The standard InChI is InChI=1S/C27H39N5O.HI/c1-21-5-11-25(12-6-21)32-15-3-4-24(20-32)30-27(28-2)29-18-22-7-9-23(10-8-22)19-31-16-13-26(33)14-17-31;/h5-12,24,26,33H,3-4,13-20H2,1-2H3,(H2,28,29,30);1H. The van der Waals surface area contributed by atoms with Crippen LogP contribution in [0.3, 0.4) is 0 Å². The summed E-state index contributed by atoms with van der Waals surface area (Å²) in [7, 11) is 1.84. The number of aliphatic hydroxyl groups is 1. The Morgan fingerprint density at radius 1 is 0.971 bits per heavy atom. The van der Waals surface area contributed by atoms with Crippen LogP contribution in [-0.2, 0) is 13.1 Å². The van der Waals surface area contributed by atoms with Gasteiger partial charge in [-0.15, -0.1) is 24.0 Å². The number of hydrogen-bond acceptors (Lipinski definition) is 4. The molecule has 1 unspecified atom stereocenters. The van der Waals surface area contributed by atoms with Gasteiger partial charge in [0, 0.05) is 58.0 Å². The molecule has 0 aromatic heterocycles. The predicted octanol–water partition coefficient (Wildman–Crippen LogP) is 3.90. The summed E-state index contributed by atoms with van der Waals surface area (Å²) >= 11 is 0. The number of guanidine groups is 1. The molecule has 0 spiro atoms. The zero-order valence-corrected chi connectivity index (χ0v) is 22.9. The van der Waals surface area contributed by atoms with Crippen LogP contribution in [-0.4, -0.2) is 61.3 Å². The first-order chi connectivity index (χ1) is 16.1. The molecular weight excluding hydrogens is 537 g/mol. The molecule has 2 fully saturated rings. The molecule has 0 bridgehead atoms. The van der Waals surface area contributed by atoms with Crippen molar-refractivity contribution in [3.05, 3.63) is 65.2 Å². The smallest absolute Gasteiger partial charge is 0.191 e. The number of aryl methyl sites for hydroxylation is 1. The second-order valence-electron chi connectivity index (χ2n) is 9.51. The maximum absolute atomic E-state index is 9.68. The van der Waals surface area contributed by atoms with Gasteiger partial charge < -0.3 is 20.6 Å². The molecule has 4 rings (SSSR count). The van der Waals surface area contributed by atoms with E-state index < -0.39 is 0 Å². The Balaban J connectivity index is 0.00000324. The highest BCUT2D eigenvalue weighted by Crippen LogP contribution is 2.20. The van der Waals surface area contributed by atoms with Crippen molar-refractivity contribution >= 4 is 35.6 Å². The summed E-state index contributed by atoms with van der Waals surface area (Å²) in [5, 5.41) is 16.8. The molecule has 1 atom stereocenters. The topological polar surface area (TPSA) is 63.1 Å². The summed E-state index contributed by atoms with van der Waals surface area (Å²) < 4.78 is 0. The van der Waals surface area contributed by atoms with Crippen molar-refractivity contribution in [2.75, 3.05) is 38.1 Å². The third-order valence-electron chi connectivity index (χ3n) is 6.83. The SMILES string of the molecule is CN=C(NCc1ccc(CN2CCC(O)CC2)cc1)NC1CCCN(c2ccc(C)cc2)C1.I. The Morgan fingerprint density at radius 2 is 1.65 bits per heavy atom. The van der Waals surface area contributed by atoms with Gasteiger partial charge in [0.2, 0.25) is 0 Å². The average molecular weight is 578 g/mol. The van der Waals surface area contributed by atoms with E-state index in [0.717, 1.165) is 64.5 Å². The van der Waals surface area contributed by atoms with E-state index in [1.54, 1.807) is 0 Å². The number of nitrogens with zero attached hydrogens (tertiary/aromatic N) is 3. The molecule has 2 aromatic rings. The lowest BCUT2D eigenvalue weighted by atomic mass is 10.0. The van der Waals surface area contributed by atoms with Gasteiger partial charge in [0.25, 0.3) is 0 Å². The molecule has 2 heterocycles. The monoisotopic (exact) mass is 577 g/mol. The number of rotatable bonds is 6. The first kappa shape index (κ1) is 26.8. The van der Waals surface area contributed by atoms with Gasteiger partial charge in [-0.3, -0.25) is 9.89 Å². The Kier molecular flexibility index (Phi) is 10.5. The van der Waals surface area contributed by atoms with Crippen LogP contribution in [0.5, 0.6) is 0 Å². The van der Waals surface area contributed by atoms with Crippen molar-refractivity contribution in [3.8, 4) is 0 Å². The third-order valence-corrected chi connectivity index (χ3v) is 6.83. The maximum Gasteiger partial charge on any atom is 0.191 e. The normalized spacial score (nSPS) is 20.0. The summed E-state index contributed by atoms with van der Waals surface area (Å²) in [6, 6.07) is 18.1. The average Bonchev–Trinajstić information content (AvgIpc) is 2.85. The van der Waals surface area contributed by atoms with E-state index in [9.17, 15) is 5.11 Å². The largest absolute Gasteiger partial charge is 0.393 e. The van der Waals surface area contributed by atoms with E-state index >= 15 is 0 Å². The zero-order valence-electron chi connectivity index (χ0n) is 20.5. The van der Waals surface area contributed by atoms with Crippen LogP contribution in [0.15, 0.2) is 53.5 Å². The number of halogens is 1. The van der Waals surface area contributed by atoms with Crippen LogP contribution in [0, 0.1) is 6.92 Å². The molecule has 6 nitrogen and oxygen atoms in total. The first-order valence-corrected chi connectivity index (χ1v) is 12.4. The molecular formula is C27H40IN5O. The molecule has 0 saturated carbocycles. The Hall–Kier alpha value is -1.84. The van der Waals surface area contributed by atoms with E-state index in [-0.39, 0.29) is 30.1 Å². The van der Waals surface area contributed by atoms with Crippen molar-refractivity contribution in [3.63, 3.8) is 0 Å². The van der Waals surface area contributed by atoms with Crippen molar-refractivity contribution < 1.29 is 5.11 Å². The van der Waals surface area contributed by atoms with E-state index in [0.29, 0.717) is 6.04 Å². The number of nitrogens with one attached hydrogen (secondary N) is 2. The van der Waals surface area contributed by atoms with Crippen molar-refractivity contribution in [1.29, 1.82) is 0 Å². The minimum absolute atomic E-state index is 0. The van der Waals surface area contributed by atoms with E-state index in [1.807, 2.05) is 7.05 Å². The molecule has 2 saturated heterocycles. The van der Waals surface area contributed by atoms with Gasteiger partial charge >= 0.3 is 0 Å². The van der Waals surface area contributed by atoms with Crippen molar-refractivity contribution in [1.82, 2.24) is 15.5 Å². The molecule has 2 aromatic carbocycles. The zero-order chi connectivity index (χ0) is 23.0. The van der Waals surface area contributed by atoms with Crippen LogP contribution >= 0.6 is 24.0 Å². The van der Waals surface area contributed by atoms with Gasteiger partial charge in [-0.1, -0.05) is 42.0 Å². The summed E-state index contributed by atoms with van der Waals surface area (Å²) in [5.74, 6) is 0.863. The van der Waals surface area contributed by atoms with Gasteiger partial charge in [0.1, 0.15) is 0 Å². The summed E-state index contributed by atoms with van der Waals surface area (Å²) in [4.78, 5) is 9.35. The van der Waals surface area contributed by atoms with Crippen LogP contribution in [0.2, 0.25) is 0 Å². The van der Waals surface area contributed by atoms with Gasteiger partial charge in [-0.05, 0) is 55.9 Å². The van der Waals surface area contributed by atoms with Crippen LogP contribution < -0.4 is 15.5 Å². The number of aliphatic hydroxyl groups excluding tert-OH is 1. The summed E-state index contributed by atoms with van der Waals surface area (Å²) in [6.07, 6.45) is 4.00. The Morgan fingerprint density at radius 3 is 2.32 bits per heavy atom. The molecule has 7 heteroatoms. The summed E-state index contributed by atoms with van der Waals surface area (Å²) in [6.45, 7) is 7.91. The second kappa shape index (κ2) is 13.3. The van der Waals surface area contributed by atoms with Crippen molar-refractivity contribution in [2.45, 2.75) is 57.8 Å². The second-order valence-corrected chi connectivity index (χ2v) is 9.51. The number of likely N-dealkylation sites (tertiary alicyclic amines) is 1. The fourth-order valence-corrected chi connectivity index (χ4v) is 4.76.